The Hall–Kier alpha value is -1.37. The van der Waals surface area contributed by atoms with Crippen LogP contribution in [-0.2, 0) is 0 Å². The van der Waals surface area contributed by atoms with Crippen LogP contribution in [0.15, 0.2) is 18.2 Å². The molecule has 6 nitrogen and oxygen atoms in total. The van der Waals surface area contributed by atoms with E-state index in [1.54, 1.807) is 6.07 Å². The average molecular weight is 291 g/mol. The zero-order valence-corrected chi connectivity index (χ0v) is 11.9. The van der Waals surface area contributed by atoms with Crippen molar-refractivity contribution in [1.29, 1.82) is 0 Å². The van der Waals surface area contributed by atoms with E-state index in [0.717, 1.165) is 0 Å². The third-order valence-electron chi connectivity index (χ3n) is 2.84. The Morgan fingerprint density at radius 1 is 1.42 bits per heavy atom. The number of nitrogens with two attached hydrogens (primary N) is 1. The van der Waals surface area contributed by atoms with Gasteiger partial charge in [-0.25, -0.2) is 0 Å². The van der Waals surface area contributed by atoms with Gasteiger partial charge in [-0.15, -0.1) is 12.4 Å². The van der Waals surface area contributed by atoms with E-state index in [0.29, 0.717) is 5.56 Å². The molecule has 0 fully saturated rings. The van der Waals surface area contributed by atoms with Crippen LogP contribution >= 0.6 is 12.4 Å². The second kappa shape index (κ2) is 7.28. The van der Waals surface area contributed by atoms with E-state index in [-0.39, 0.29) is 29.8 Å². The van der Waals surface area contributed by atoms with Crippen molar-refractivity contribution in [3.63, 3.8) is 0 Å². The monoisotopic (exact) mass is 290 g/mol. The molecule has 3 N–H and O–H groups in total. The molecule has 0 saturated heterocycles. The van der Waals surface area contributed by atoms with Crippen molar-refractivity contribution in [2.75, 3.05) is 7.11 Å². The molecule has 7 heteroatoms. The highest BCUT2D eigenvalue weighted by atomic mass is 35.5. The molecule has 19 heavy (non-hydrogen) atoms. The molecular weight excluding hydrogens is 272 g/mol. The van der Waals surface area contributed by atoms with Gasteiger partial charge in [0.05, 0.1) is 24.2 Å². The number of aliphatic hydroxyl groups is 1. The zero-order valence-electron chi connectivity index (χ0n) is 11.1. The summed E-state index contributed by atoms with van der Waals surface area (Å²) in [6, 6.07) is 3.80. The van der Waals surface area contributed by atoms with E-state index in [1.807, 2.05) is 13.8 Å². The maximum absolute atomic E-state index is 10.9. The first-order chi connectivity index (χ1) is 8.38. The summed E-state index contributed by atoms with van der Waals surface area (Å²) in [4.78, 5) is 10.4. The number of hydrogen-bond acceptors (Lipinski definition) is 5. The number of benzene rings is 1. The van der Waals surface area contributed by atoms with Crippen LogP contribution in [0, 0.1) is 16.0 Å². The first-order valence-corrected chi connectivity index (χ1v) is 5.64. The van der Waals surface area contributed by atoms with Gasteiger partial charge in [-0.3, -0.25) is 10.1 Å². The van der Waals surface area contributed by atoms with Crippen molar-refractivity contribution < 1.29 is 14.8 Å². The predicted octanol–water partition coefficient (Wildman–Crippen LogP) is 2.04. The van der Waals surface area contributed by atoms with Crippen molar-refractivity contribution in [3.05, 3.63) is 33.9 Å². The van der Waals surface area contributed by atoms with Crippen molar-refractivity contribution in [2.45, 2.75) is 26.0 Å². The molecule has 0 heterocycles. The number of nitro benzene ring substituents is 1. The van der Waals surface area contributed by atoms with E-state index in [2.05, 4.69) is 0 Å². The van der Waals surface area contributed by atoms with Crippen LogP contribution in [0.4, 0.5) is 5.69 Å². The fourth-order valence-electron chi connectivity index (χ4n) is 1.67. The van der Waals surface area contributed by atoms with Crippen molar-refractivity contribution >= 4 is 18.1 Å². The van der Waals surface area contributed by atoms with Gasteiger partial charge in [0.1, 0.15) is 0 Å². The first-order valence-electron chi connectivity index (χ1n) is 5.64. The number of aliphatic hydroxyl groups excluding tert-OH is 1. The summed E-state index contributed by atoms with van der Waals surface area (Å²) in [5.74, 6) is 0.149. The third-order valence-corrected chi connectivity index (χ3v) is 2.84. The van der Waals surface area contributed by atoms with Gasteiger partial charge in [-0.05, 0) is 17.5 Å². The van der Waals surface area contributed by atoms with Gasteiger partial charge in [0.2, 0.25) is 0 Å². The minimum atomic E-state index is -0.752. The number of ether oxygens (including phenoxy) is 1. The number of methoxy groups -OCH3 is 1. The zero-order chi connectivity index (χ0) is 13.9. The van der Waals surface area contributed by atoms with Crippen molar-refractivity contribution in [2.24, 2.45) is 11.7 Å². The van der Waals surface area contributed by atoms with Crippen LogP contribution in [0.3, 0.4) is 0 Å². The van der Waals surface area contributed by atoms with E-state index < -0.39 is 17.1 Å². The third kappa shape index (κ3) is 4.05. The molecule has 0 unspecified atom stereocenters. The Morgan fingerprint density at radius 3 is 2.42 bits per heavy atom. The molecule has 0 saturated carbocycles. The summed E-state index contributed by atoms with van der Waals surface area (Å²) in [5.41, 5.74) is 6.25. The van der Waals surface area contributed by atoms with E-state index in [1.165, 1.54) is 19.2 Å². The summed E-state index contributed by atoms with van der Waals surface area (Å²) in [6.07, 6.45) is -0.752. The Morgan fingerprint density at radius 2 is 2.00 bits per heavy atom. The molecule has 0 aromatic heterocycles. The number of halogens is 1. The topological polar surface area (TPSA) is 98.6 Å². The summed E-state index contributed by atoms with van der Waals surface area (Å²) in [7, 11) is 1.37. The number of nitro groups is 1. The Bertz CT molecular complexity index is 440. The van der Waals surface area contributed by atoms with Gasteiger partial charge < -0.3 is 15.6 Å². The molecule has 0 spiro atoms. The Labute approximate surface area is 118 Å². The quantitative estimate of drug-likeness (QED) is 0.638. The maximum atomic E-state index is 10.9. The molecule has 0 aliphatic carbocycles. The molecule has 0 aliphatic heterocycles. The lowest BCUT2D eigenvalue weighted by molar-refractivity contribution is -0.385. The second-order valence-corrected chi connectivity index (χ2v) is 4.45. The van der Waals surface area contributed by atoms with Gasteiger partial charge in [0, 0.05) is 6.07 Å². The SMILES string of the molecule is COc1ccc([C@@H](N)[C@@H](O)C(C)C)cc1[N+](=O)[O-].Cl. The highest BCUT2D eigenvalue weighted by molar-refractivity contribution is 5.85. The summed E-state index contributed by atoms with van der Waals surface area (Å²) >= 11 is 0. The van der Waals surface area contributed by atoms with Crippen LogP contribution < -0.4 is 10.5 Å². The first kappa shape index (κ1) is 17.6. The maximum Gasteiger partial charge on any atom is 0.311 e. The standard InChI is InChI=1S/C12H18N2O4.ClH/c1-7(2)12(15)11(13)8-4-5-10(18-3)9(6-8)14(16)17;/h4-7,11-12,15H,13H2,1-3H3;1H/t11-,12+;/m1./s1. The largest absolute Gasteiger partial charge is 0.490 e. The van der Waals surface area contributed by atoms with Crippen molar-refractivity contribution in [1.82, 2.24) is 0 Å². The minimum Gasteiger partial charge on any atom is -0.490 e. The van der Waals surface area contributed by atoms with Crippen LogP contribution in [0.2, 0.25) is 0 Å². The predicted molar refractivity (Wildman–Crippen MR) is 74.7 cm³/mol. The molecular formula is C12H19ClN2O4. The van der Waals surface area contributed by atoms with Crippen LogP contribution in [0.25, 0.3) is 0 Å². The van der Waals surface area contributed by atoms with Gasteiger partial charge in [-0.2, -0.15) is 0 Å². The summed E-state index contributed by atoms with van der Waals surface area (Å²) < 4.78 is 4.90. The molecule has 0 aliphatic rings. The molecule has 0 bridgehead atoms. The Kier molecular flexibility index (Phi) is 6.75. The summed E-state index contributed by atoms with van der Waals surface area (Å²) in [5, 5.41) is 20.8. The van der Waals surface area contributed by atoms with Gasteiger partial charge in [0.15, 0.2) is 5.75 Å². The van der Waals surface area contributed by atoms with E-state index in [9.17, 15) is 15.2 Å². The molecule has 1 rings (SSSR count). The number of hydrogen-bond donors (Lipinski definition) is 2. The van der Waals surface area contributed by atoms with Crippen LogP contribution in [-0.4, -0.2) is 23.2 Å². The van der Waals surface area contributed by atoms with Crippen LogP contribution in [0.5, 0.6) is 5.75 Å². The lowest BCUT2D eigenvalue weighted by atomic mass is 9.94. The molecule has 1 aromatic carbocycles. The van der Waals surface area contributed by atoms with Gasteiger partial charge >= 0.3 is 5.69 Å². The number of nitrogens with zero attached hydrogens (tertiary/aromatic N) is 1. The minimum absolute atomic E-state index is 0. The van der Waals surface area contributed by atoms with E-state index in [4.69, 9.17) is 10.5 Å². The highest BCUT2D eigenvalue weighted by Gasteiger charge is 2.23. The fraction of sp³-hybridized carbons (Fsp3) is 0.500. The molecule has 0 radical (unpaired) electrons. The lowest BCUT2D eigenvalue weighted by Gasteiger charge is -2.22. The molecule has 108 valence electrons. The molecule has 2 atom stereocenters. The second-order valence-electron chi connectivity index (χ2n) is 4.45. The fourth-order valence-corrected chi connectivity index (χ4v) is 1.67. The smallest absolute Gasteiger partial charge is 0.311 e. The molecule has 1 aromatic rings. The molecule has 0 amide bonds. The Balaban J connectivity index is 0.00000324. The number of rotatable bonds is 5. The van der Waals surface area contributed by atoms with Crippen molar-refractivity contribution in [3.8, 4) is 5.75 Å². The highest BCUT2D eigenvalue weighted by Crippen LogP contribution is 2.30. The van der Waals surface area contributed by atoms with Crippen LogP contribution in [0.1, 0.15) is 25.5 Å². The normalized spacial score (nSPS) is 13.6. The van der Waals surface area contributed by atoms with E-state index >= 15 is 0 Å². The van der Waals surface area contributed by atoms with Gasteiger partial charge in [-0.1, -0.05) is 19.9 Å². The lowest BCUT2D eigenvalue weighted by Crippen LogP contribution is -2.30. The summed E-state index contributed by atoms with van der Waals surface area (Å²) in [6.45, 7) is 3.67. The van der Waals surface area contributed by atoms with Gasteiger partial charge in [0.25, 0.3) is 0 Å². The average Bonchev–Trinajstić information content (AvgIpc) is 2.35.